The van der Waals surface area contributed by atoms with Crippen molar-refractivity contribution in [3.8, 4) is 5.82 Å². The lowest BCUT2D eigenvalue weighted by atomic mass is 10.3. The maximum absolute atomic E-state index is 12.8. The summed E-state index contributed by atoms with van der Waals surface area (Å²) in [6.45, 7) is 3.02. The van der Waals surface area contributed by atoms with Crippen LogP contribution in [0.1, 0.15) is 0 Å². The summed E-state index contributed by atoms with van der Waals surface area (Å²) in [5.74, 6) is 1.58. The van der Waals surface area contributed by atoms with E-state index in [1.807, 2.05) is 39.8 Å². The van der Waals surface area contributed by atoms with Crippen molar-refractivity contribution in [2.75, 3.05) is 31.1 Å². The van der Waals surface area contributed by atoms with Gasteiger partial charge in [0.15, 0.2) is 5.82 Å². The number of para-hydroxylation sites is 2. The van der Waals surface area contributed by atoms with Crippen molar-refractivity contribution in [1.82, 2.24) is 39.2 Å². The lowest BCUT2D eigenvalue weighted by Gasteiger charge is -2.35. The highest BCUT2D eigenvalue weighted by Crippen LogP contribution is 2.16. The molecule has 0 unspecified atom stereocenters. The molecule has 1 aromatic carbocycles. The molecule has 0 saturated carbocycles. The van der Waals surface area contributed by atoms with Crippen LogP contribution in [0.4, 0.5) is 5.82 Å². The van der Waals surface area contributed by atoms with Crippen molar-refractivity contribution in [2.24, 2.45) is 0 Å². The molecule has 10 heteroatoms. The van der Waals surface area contributed by atoms with Gasteiger partial charge >= 0.3 is 0 Å². The molecule has 1 amide bonds. The number of benzene rings is 1. The van der Waals surface area contributed by atoms with Gasteiger partial charge in [0.25, 0.3) is 0 Å². The second-order valence-electron chi connectivity index (χ2n) is 6.80. The summed E-state index contributed by atoms with van der Waals surface area (Å²) < 4.78 is 3.50. The van der Waals surface area contributed by atoms with Gasteiger partial charge in [-0.2, -0.15) is 5.10 Å². The Hall–Kier alpha value is -3.82. The number of nitrogens with zero attached hydrogens (tertiary/aromatic N) is 9. The Morgan fingerprint density at radius 3 is 2.59 bits per heavy atom. The van der Waals surface area contributed by atoms with Crippen LogP contribution in [0.2, 0.25) is 0 Å². The van der Waals surface area contributed by atoms with Crippen molar-refractivity contribution < 1.29 is 4.79 Å². The van der Waals surface area contributed by atoms with E-state index in [1.165, 1.54) is 12.7 Å². The molecule has 1 fully saturated rings. The summed E-state index contributed by atoms with van der Waals surface area (Å²) >= 11 is 0. The first kappa shape index (κ1) is 17.3. The van der Waals surface area contributed by atoms with Crippen LogP contribution >= 0.6 is 0 Å². The van der Waals surface area contributed by atoms with Crippen molar-refractivity contribution >= 4 is 22.8 Å². The van der Waals surface area contributed by atoms with E-state index in [0.717, 1.165) is 16.9 Å². The fraction of sp³-hybridized carbons (Fsp3) is 0.263. The number of fused-ring (bicyclic) bond motifs is 1. The van der Waals surface area contributed by atoms with Gasteiger partial charge in [0.1, 0.15) is 31.3 Å². The van der Waals surface area contributed by atoms with Gasteiger partial charge in [0.2, 0.25) is 5.91 Å². The third-order valence-electron chi connectivity index (χ3n) is 5.08. The summed E-state index contributed by atoms with van der Waals surface area (Å²) in [6.07, 6.45) is 6.32. The topological polar surface area (TPSA) is 97.9 Å². The van der Waals surface area contributed by atoms with E-state index in [2.05, 4.69) is 29.9 Å². The molecule has 5 rings (SSSR count). The minimum atomic E-state index is 0.0961. The van der Waals surface area contributed by atoms with E-state index >= 15 is 0 Å². The Bertz CT molecular complexity index is 1130. The number of carbonyl (C=O) groups excluding carboxylic acids is 1. The third-order valence-corrected chi connectivity index (χ3v) is 5.08. The van der Waals surface area contributed by atoms with E-state index in [4.69, 9.17) is 0 Å². The van der Waals surface area contributed by atoms with Crippen LogP contribution in [0.3, 0.4) is 0 Å². The molecule has 29 heavy (non-hydrogen) atoms. The SMILES string of the molecule is O=C(Cn1cnc2ccccc21)N1CCN(c2cc(-n3cncn3)ncn2)CC1. The highest BCUT2D eigenvalue weighted by atomic mass is 16.2. The van der Waals surface area contributed by atoms with Crippen molar-refractivity contribution in [2.45, 2.75) is 6.54 Å². The van der Waals surface area contributed by atoms with Gasteiger partial charge in [-0.1, -0.05) is 12.1 Å². The van der Waals surface area contributed by atoms with Gasteiger partial charge in [-0.25, -0.2) is 24.6 Å². The Kier molecular flexibility index (Phi) is 4.35. The van der Waals surface area contributed by atoms with Crippen molar-refractivity contribution in [1.29, 1.82) is 0 Å². The molecule has 3 aromatic heterocycles. The molecule has 4 aromatic rings. The molecule has 1 saturated heterocycles. The van der Waals surface area contributed by atoms with E-state index in [9.17, 15) is 4.79 Å². The maximum atomic E-state index is 12.8. The molecule has 10 nitrogen and oxygen atoms in total. The summed E-state index contributed by atoms with van der Waals surface area (Å²) in [7, 11) is 0. The van der Waals surface area contributed by atoms with Gasteiger partial charge in [-0.3, -0.25) is 4.79 Å². The zero-order valence-electron chi connectivity index (χ0n) is 15.7. The average molecular weight is 389 g/mol. The van der Waals surface area contributed by atoms with Crippen LogP contribution in [-0.2, 0) is 11.3 Å². The highest BCUT2D eigenvalue weighted by molar-refractivity contribution is 5.80. The first-order valence-electron chi connectivity index (χ1n) is 9.37. The number of piperazine rings is 1. The van der Waals surface area contributed by atoms with E-state index in [0.29, 0.717) is 38.5 Å². The molecule has 0 radical (unpaired) electrons. The molecule has 0 bridgehead atoms. The quantitative estimate of drug-likeness (QED) is 0.508. The summed E-state index contributed by atoms with van der Waals surface area (Å²) in [6, 6.07) is 9.71. The van der Waals surface area contributed by atoms with Gasteiger partial charge in [-0.05, 0) is 12.1 Å². The van der Waals surface area contributed by atoms with E-state index < -0.39 is 0 Å². The number of carbonyl (C=O) groups is 1. The monoisotopic (exact) mass is 389 g/mol. The Morgan fingerprint density at radius 2 is 1.76 bits per heavy atom. The van der Waals surface area contributed by atoms with Crippen molar-refractivity contribution in [3.05, 3.63) is 55.6 Å². The van der Waals surface area contributed by atoms with Gasteiger partial charge in [-0.15, -0.1) is 0 Å². The first-order valence-corrected chi connectivity index (χ1v) is 9.37. The average Bonchev–Trinajstić information content (AvgIpc) is 3.45. The summed E-state index contributed by atoms with van der Waals surface area (Å²) in [4.78, 5) is 33.7. The lowest BCUT2D eigenvalue weighted by Crippen LogP contribution is -2.49. The summed E-state index contributed by atoms with van der Waals surface area (Å²) in [5.41, 5.74) is 1.87. The first-order chi connectivity index (χ1) is 14.3. The molecular formula is C19H19N9O. The fourth-order valence-electron chi connectivity index (χ4n) is 3.53. The zero-order valence-corrected chi connectivity index (χ0v) is 15.7. The van der Waals surface area contributed by atoms with Crippen LogP contribution in [0, 0.1) is 0 Å². The fourth-order valence-corrected chi connectivity index (χ4v) is 3.53. The predicted octanol–water partition coefficient (Wildman–Crippen LogP) is 0.756. The van der Waals surface area contributed by atoms with E-state index in [-0.39, 0.29) is 5.91 Å². The molecule has 0 spiro atoms. The van der Waals surface area contributed by atoms with Crippen LogP contribution in [-0.4, -0.2) is 71.3 Å². The number of imidazole rings is 1. The van der Waals surface area contributed by atoms with Crippen LogP contribution in [0.25, 0.3) is 16.9 Å². The molecule has 0 aliphatic carbocycles. The molecule has 0 atom stereocenters. The van der Waals surface area contributed by atoms with Crippen LogP contribution in [0.15, 0.2) is 55.6 Å². The molecular weight excluding hydrogens is 370 g/mol. The molecule has 1 aliphatic heterocycles. The third kappa shape index (κ3) is 3.40. The lowest BCUT2D eigenvalue weighted by molar-refractivity contribution is -0.132. The number of amides is 1. The van der Waals surface area contributed by atoms with E-state index in [1.54, 1.807) is 17.3 Å². The number of hydrogen-bond donors (Lipinski definition) is 0. The van der Waals surface area contributed by atoms with Crippen LogP contribution < -0.4 is 4.90 Å². The second-order valence-corrected chi connectivity index (χ2v) is 6.80. The predicted molar refractivity (Wildman–Crippen MR) is 105 cm³/mol. The minimum Gasteiger partial charge on any atom is -0.353 e. The second kappa shape index (κ2) is 7.30. The van der Waals surface area contributed by atoms with Crippen LogP contribution in [0.5, 0.6) is 0 Å². The number of anilines is 1. The normalized spacial score (nSPS) is 14.5. The molecule has 1 aliphatic rings. The van der Waals surface area contributed by atoms with Gasteiger partial charge < -0.3 is 14.4 Å². The Balaban J connectivity index is 1.23. The number of hydrogen-bond acceptors (Lipinski definition) is 7. The zero-order chi connectivity index (χ0) is 19.6. The molecule has 146 valence electrons. The minimum absolute atomic E-state index is 0.0961. The van der Waals surface area contributed by atoms with Gasteiger partial charge in [0.05, 0.1) is 17.4 Å². The smallest absolute Gasteiger partial charge is 0.242 e. The van der Waals surface area contributed by atoms with Crippen molar-refractivity contribution in [3.63, 3.8) is 0 Å². The summed E-state index contributed by atoms with van der Waals surface area (Å²) in [5, 5.41) is 4.10. The number of rotatable bonds is 4. The Morgan fingerprint density at radius 1 is 0.931 bits per heavy atom. The highest BCUT2D eigenvalue weighted by Gasteiger charge is 2.23. The molecule has 0 N–H and O–H groups in total. The number of aromatic nitrogens is 7. The largest absolute Gasteiger partial charge is 0.353 e. The molecule has 4 heterocycles. The maximum Gasteiger partial charge on any atom is 0.242 e. The standard InChI is InChI=1S/C19H19N9O/c29-19(10-27-14-23-15-3-1-2-4-16(15)27)26-7-5-25(6-8-26)17-9-18(22-12-21-17)28-13-20-11-24-28/h1-4,9,11-14H,5-8,10H2. The Labute approximate surface area is 166 Å². The van der Waals surface area contributed by atoms with Gasteiger partial charge in [0, 0.05) is 32.2 Å².